The lowest BCUT2D eigenvalue weighted by Gasteiger charge is -2.18. The van der Waals surface area contributed by atoms with Crippen LogP contribution in [0.1, 0.15) is 22.8 Å². The van der Waals surface area contributed by atoms with Crippen LogP contribution in [-0.4, -0.2) is 51.8 Å². The highest BCUT2D eigenvalue weighted by atomic mass is 32.2. The minimum Gasteiger partial charge on any atom is -0.465 e. The van der Waals surface area contributed by atoms with Gasteiger partial charge in [0.2, 0.25) is 15.9 Å². The molecule has 0 saturated heterocycles. The molecule has 2 rings (SSSR count). The standard InChI is InChI=1S/C20H25N3O5S/c1-13-9-10-15(20(25)28-5)11-18(13)21-14(2)19(24)22-16-7-6-8-17(12-16)29(26,27)23(3)4/h6-12,14,21H,1-5H3,(H,22,24)/t14-/m1/s1. The molecule has 0 aliphatic rings. The summed E-state index contributed by atoms with van der Waals surface area (Å²) in [5.74, 6) is -0.823. The fourth-order valence-corrected chi connectivity index (χ4v) is 3.46. The molecule has 9 heteroatoms. The molecule has 0 saturated carbocycles. The molecule has 2 aromatic rings. The quantitative estimate of drug-likeness (QED) is 0.668. The number of amides is 1. The van der Waals surface area contributed by atoms with Crippen molar-refractivity contribution in [3.63, 3.8) is 0 Å². The van der Waals surface area contributed by atoms with Crippen molar-refractivity contribution in [1.29, 1.82) is 0 Å². The predicted molar refractivity (Wildman–Crippen MR) is 112 cm³/mol. The number of carbonyl (C=O) groups is 2. The number of hydrogen-bond donors (Lipinski definition) is 2. The third-order valence-corrected chi connectivity index (χ3v) is 6.12. The van der Waals surface area contributed by atoms with E-state index in [1.54, 1.807) is 37.3 Å². The molecule has 0 spiro atoms. The Morgan fingerprint density at radius 3 is 2.41 bits per heavy atom. The van der Waals surface area contributed by atoms with Crippen molar-refractivity contribution in [1.82, 2.24) is 4.31 Å². The Labute approximate surface area is 170 Å². The number of aryl methyl sites for hydroxylation is 1. The summed E-state index contributed by atoms with van der Waals surface area (Å²) in [6.07, 6.45) is 0. The van der Waals surface area contributed by atoms with Gasteiger partial charge in [-0.1, -0.05) is 12.1 Å². The first-order valence-corrected chi connectivity index (χ1v) is 10.3. The van der Waals surface area contributed by atoms with Gasteiger partial charge in [-0.3, -0.25) is 4.79 Å². The summed E-state index contributed by atoms with van der Waals surface area (Å²) in [5, 5.41) is 5.77. The number of hydrogen-bond acceptors (Lipinski definition) is 6. The van der Waals surface area contributed by atoms with Crippen molar-refractivity contribution in [2.45, 2.75) is 24.8 Å². The number of nitrogens with one attached hydrogen (secondary N) is 2. The Balaban J connectivity index is 2.15. The molecule has 2 N–H and O–H groups in total. The van der Waals surface area contributed by atoms with Gasteiger partial charge in [0.05, 0.1) is 17.6 Å². The summed E-state index contributed by atoms with van der Waals surface area (Å²) >= 11 is 0. The number of ether oxygens (including phenoxy) is 1. The fourth-order valence-electron chi connectivity index (χ4n) is 2.52. The number of nitrogens with zero attached hydrogens (tertiary/aromatic N) is 1. The Morgan fingerprint density at radius 2 is 1.79 bits per heavy atom. The molecule has 0 fully saturated rings. The van der Waals surface area contributed by atoms with Crippen LogP contribution in [0.25, 0.3) is 0 Å². The van der Waals surface area contributed by atoms with Crippen LogP contribution < -0.4 is 10.6 Å². The first kappa shape index (κ1) is 22.4. The maximum atomic E-state index is 12.6. The van der Waals surface area contributed by atoms with Crippen LogP contribution in [0.2, 0.25) is 0 Å². The van der Waals surface area contributed by atoms with E-state index in [9.17, 15) is 18.0 Å². The zero-order chi connectivity index (χ0) is 21.8. The average molecular weight is 420 g/mol. The van der Waals surface area contributed by atoms with E-state index in [0.717, 1.165) is 9.87 Å². The number of benzene rings is 2. The van der Waals surface area contributed by atoms with E-state index < -0.39 is 22.0 Å². The summed E-state index contributed by atoms with van der Waals surface area (Å²) in [6, 6.07) is 10.4. The second kappa shape index (κ2) is 9.06. The average Bonchev–Trinajstić information content (AvgIpc) is 2.68. The zero-order valence-corrected chi connectivity index (χ0v) is 17.8. The molecule has 8 nitrogen and oxygen atoms in total. The van der Waals surface area contributed by atoms with Crippen LogP contribution in [0.5, 0.6) is 0 Å². The van der Waals surface area contributed by atoms with E-state index in [4.69, 9.17) is 4.74 Å². The van der Waals surface area contributed by atoms with Crippen molar-refractivity contribution in [2.24, 2.45) is 0 Å². The maximum absolute atomic E-state index is 12.6. The highest BCUT2D eigenvalue weighted by Crippen LogP contribution is 2.20. The van der Waals surface area contributed by atoms with Gasteiger partial charge in [-0.15, -0.1) is 0 Å². The molecule has 0 aliphatic heterocycles. The molecule has 156 valence electrons. The van der Waals surface area contributed by atoms with Gasteiger partial charge in [0.15, 0.2) is 0 Å². The van der Waals surface area contributed by atoms with Gasteiger partial charge in [0, 0.05) is 25.5 Å². The largest absolute Gasteiger partial charge is 0.465 e. The molecule has 2 aromatic carbocycles. The number of anilines is 2. The van der Waals surface area contributed by atoms with Gasteiger partial charge in [-0.05, 0) is 49.7 Å². The molecule has 0 bridgehead atoms. The Kier molecular flexibility index (Phi) is 6.99. The Bertz CT molecular complexity index is 1020. The number of carbonyl (C=O) groups excluding carboxylic acids is 2. The number of methoxy groups -OCH3 is 1. The Morgan fingerprint density at radius 1 is 1.10 bits per heavy atom. The molecular weight excluding hydrogens is 394 g/mol. The zero-order valence-electron chi connectivity index (χ0n) is 17.0. The molecule has 0 heterocycles. The number of rotatable bonds is 7. The monoisotopic (exact) mass is 419 g/mol. The fraction of sp³-hybridized carbons (Fsp3) is 0.300. The lowest BCUT2D eigenvalue weighted by molar-refractivity contribution is -0.116. The summed E-state index contributed by atoms with van der Waals surface area (Å²) in [4.78, 5) is 24.4. The van der Waals surface area contributed by atoms with E-state index in [-0.39, 0.29) is 10.8 Å². The van der Waals surface area contributed by atoms with Crippen LogP contribution in [0.15, 0.2) is 47.4 Å². The topological polar surface area (TPSA) is 105 Å². The highest BCUT2D eigenvalue weighted by Gasteiger charge is 2.19. The minimum atomic E-state index is -3.60. The normalized spacial score (nSPS) is 12.3. The van der Waals surface area contributed by atoms with Crippen molar-refractivity contribution >= 4 is 33.3 Å². The SMILES string of the molecule is COC(=O)c1ccc(C)c(N[C@H](C)C(=O)Nc2cccc(S(=O)(=O)N(C)C)c2)c1. The molecule has 1 atom stereocenters. The number of esters is 1. The first-order valence-electron chi connectivity index (χ1n) is 8.85. The lowest BCUT2D eigenvalue weighted by Crippen LogP contribution is -2.32. The van der Waals surface area contributed by atoms with Gasteiger partial charge < -0.3 is 15.4 Å². The highest BCUT2D eigenvalue weighted by molar-refractivity contribution is 7.89. The van der Waals surface area contributed by atoms with Crippen LogP contribution in [-0.2, 0) is 19.6 Å². The summed E-state index contributed by atoms with van der Waals surface area (Å²) < 4.78 is 30.3. The van der Waals surface area contributed by atoms with E-state index in [2.05, 4.69) is 10.6 Å². The van der Waals surface area contributed by atoms with E-state index >= 15 is 0 Å². The second-order valence-electron chi connectivity index (χ2n) is 6.69. The van der Waals surface area contributed by atoms with Crippen molar-refractivity contribution in [2.75, 3.05) is 31.8 Å². The molecule has 0 unspecified atom stereocenters. The summed E-state index contributed by atoms with van der Waals surface area (Å²) in [6.45, 7) is 3.52. The molecular formula is C20H25N3O5S. The smallest absolute Gasteiger partial charge is 0.337 e. The van der Waals surface area contributed by atoms with E-state index in [1.807, 2.05) is 6.92 Å². The van der Waals surface area contributed by atoms with Crippen molar-refractivity contribution in [3.8, 4) is 0 Å². The minimum absolute atomic E-state index is 0.0857. The van der Waals surface area contributed by atoms with Crippen LogP contribution in [0.4, 0.5) is 11.4 Å². The van der Waals surface area contributed by atoms with Crippen LogP contribution >= 0.6 is 0 Å². The summed E-state index contributed by atoms with van der Waals surface area (Å²) in [7, 11) is 0.583. The van der Waals surface area contributed by atoms with Crippen molar-refractivity contribution < 1.29 is 22.7 Å². The number of sulfonamides is 1. The molecule has 0 aliphatic carbocycles. The molecule has 0 radical (unpaired) electrons. The van der Waals surface area contributed by atoms with Crippen LogP contribution in [0, 0.1) is 6.92 Å². The maximum Gasteiger partial charge on any atom is 0.337 e. The van der Waals surface area contributed by atoms with Gasteiger partial charge in [-0.2, -0.15) is 0 Å². The van der Waals surface area contributed by atoms with Gasteiger partial charge in [0.1, 0.15) is 6.04 Å². The first-order chi connectivity index (χ1) is 13.6. The summed E-state index contributed by atoms with van der Waals surface area (Å²) in [5.41, 5.74) is 2.22. The van der Waals surface area contributed by atoms with Gasteiger partial charge in [-0.25, -0.2) is 17.5 Å². The molecule has 0 aromatic heterocycles. The van der Waals surface area contributed by atoms with Crippen LogP contribution in [0.3, 0.4) is 0 Å². The van der Waals surface area contributed by atoms with E-state index in [1.165, 1.54) is 33.3 Å². The lowest BCUT2D eigenvalue weighted by atomic mass is 10.1. The molecule has 29 heavy (non-hydrogen) atoms. The molecule has 1 amide bonds. The van der Waals surface area contributed by atoms with Crippen molar-refractivity contribution in [3.05, 3.63) is 53.6 Å². The Hall–Kier alpha value is -2.91. The second-order valence-corrected chi connectivity index (χ2v) is 8.84. The van der Waals surface area contributed by atoms with Gasteiger partial charge >= 0.3 is 5.97 Å². The van der Waals surface area contributed by atoms with E-state index in [0.29, 0.717) is 16.9 Å². The van der Waals surface area contributed by atoms with Gasteiger partial charge in [0.25, 0.3) is 0 Å². The predicted octanol–water partition coefficient (Wildman–Crippen LogP) is 2.47. The third kappa shape index (κ3) is 5.33. The third-order valence-electron chi connectivity index (χ3n) is 4.30.